The van der Waals surface area contributed by atoms with Crippen LogP contribution in [0.3, 0.4) is 0 Å². The van der Waals surface area contributed by atoms with E-state index >= 15 is 0 Å². The molecule has 5 heteroatoms. The van der Waals surface area contributed by atoms with Gasteiger partial charge in [0.05, 0.1) is 8.07 Å². The van der Waals surface area contributed by atoms with Crippen LogP contribution in [0.4, 0.5) is 0 Å². The summed E-state index contributed by atoms with van der Waals surface area (Å²) in [5.41, 5.74) is -1.37. The predicted molar refractivity (Wildman–Crippen MR) is 124 cm³/mol. The molecule has 0 bridgehead atoms. The molecule has 0 aliphatic carbocycles. The highest BCUT2D eigenvalue weighted by Gasteiger charge is 2.68. The Hall–Kier alpha value is 0.818. The molecule has 0 spiro atoms. The lowest BCUT2D eigenvalue weighted by Crippen LogP contribution is -2.78. The summed E-state index contributed by atoms with van der Waals surface area (Å²) >= 11 is 2.94. The molecule has 0 atom stereocenters. The second kappa shape index (κ2) is 6.27. The van der Waals surface area contributed by atoms with Gasteiger partial charge in [-0.25, -0.2) is 0 Å². The third-order valence-electron chi connectivity index (χ3n) is 5.57. The maximum atomic E-state index is 2.94. The smallest absolute Gasteiger partial charge is 0.118 e. The van der Waals surface area contributed by atoms with Gasteiger partial charge in [-0.2, -0.15) is 0 Å². The third kappa shape index (κ3) is 3.17. The topological polar surface area (TPSA) is 0 Å². The second-order valence-electron chi connectivity index (χ2n) is 9.71. The zero-order chi connectivity index (χ0) is 17.6. The molecule has 126 valence electrons. The maximum Gasteiger partial charge on any atom is 0.118 e. The number of benzene rings is 1. The molecule has 0 heterocycles. The van der Waals surface area contributed by atoms with E-state index in [4.69, 9.17) is 0 Å². The molecular formula is C17H35ISi4. The summed E-state index contributed by atoms with van der Waals surface area (Å²) in [5.74, 6) is 0. The monoisotopic (exact) mass is 478 g/mol. The molecule has 22 heavy (non-hydrogen) atoms. The lowest BCUT2D eigenvalue weighted by molar-refractivity contribution is 1.21. The van der Waals surface area contributed by atoms with Crippen molar-refractivity contribution < 1.29 is 0 Å². The minimum absolute atomic E-state index is 0.655. The van der Waals surface area contributed by atoms with E-state index in [1.54, 1.807) is 5.19 Å². The van der Waals surface area contributed by atoms with Gasteiger partial charge in [0.25, 0.3) is 0 Å². The molecule has 0 saturated heterocycles. The van der Waals surface area contributed by atoms with Crippen LogP contribution in [0.15, 0.2) is 30.3 Å². The highest BCUT2D eigenvalue weighted by Crippen LogP contribution is 2.61. The van der Waals surface area contributed by atoms with Crippen molar-refractivity contribution >= 4 is 56.8 Å². The van der Waals surface area contributed by atoms with Crippen molar-refractivity contribution in [1.82, 2.24) is 0 Å². The van der Waals surface area contributed by atoms with Crippen molar-refractivity contribution in [2.24, 2.45) is 0 Å². The summed E-state index contributed by atoms with van der Waals surface area (Å²) in [6.07, 6.45) is 0. The molecule has 0 radical (unpaired) electrons. The van der Waals surface area contributed by atoms with Gasteiger partial charge >= 0.3 is 0 Å². The van der Waals surface area contributed by atoms with E-state index in [1.165, 1.54) is 0 Å². The molecule has 0 nitrogen and oxygen atoms in total. The van der Waals surface area contributed by atoms with Gasteiger partial charge in [0.1, 0.15) is 5.57 Å². The summed E-state index contributed by atoms with van der Waals surface area (Å²) in [5, 5.41) is 1.68. The Kier molecular flexibility index (Phi) is 5.95. The Balaban J connectivity index is 3.87. The quantitative estimate of drug-likeness (QED) is 0.266. The number of rotatable bonds is 5. The normalized spacial score (nSPS) is 15.0. The van der Waals surface area contributed by atoms with Crippen molar-refractivity contribution in [3.05, 3.63) is 30.3 Å². The van der Waals surface area contributed by atoms with Gasteiger partial charge in [-0.05, 0) is 3.91 Å². The molecule has 0 amide bonds. The van der Waals surface area contributed by atoms with Gasteiger partial charge in [-0.15, -0.1) is 21.8 Å². The fourth-order valence-electron chi connectivity index (χ4n) is 6.60. The van der Waals surface area contributed by atoms with Crippen molar-refractivity contribution in [3.63, 3.8) is 0 Å². The SMILES string of the molecule is C[Si](C)(C)C([Si](C)(C)C)([Si](C)(C)I)[Si](C)(C)c1ccccc1. The zero-order valence-electron chi connectivity index (χ0n) is 16.3. The van der Waals surface area contributed by atoms with E-state index < -0.39 is 29.8 Å². The van der Waals surface area contributed by atoms with Gasteiger partial charge in [-0.3, -0.25) is 0 Å². The Morgan fingerprint density at radius 2 is 1.05 bits per heavy atom. The molecule has 1 aromatic rings. The van der Waals surface area contributed by atoms with Crippen molar-refractivity contribution in [1.29, 1.82) is 0 Å². The lowest BCUT2D eigenvalue weighted by atomic mass is 10.4. The van der Waals surface area contributed by atoms with Crippen LogP contribution in [-0.2, 0) is 0 Å². The van der Waals surface area contributed by atoms with Gasteiger partial charge in [0, 0.05) is 16.1 Å². The number of halogens is 1. The van der Waals surface area contributed by atoms with Crippen LogP contribution in [0, 0.1) is 0 Å². The summed E-state index contributed by atoms with van der Waals surface area (Å²) in [6.45, 7) is 26.7. The summed E-state index contributed by atoms with van der Waals surface area (Å²) in [6, 6.07) is 11.5. The minimum atomic E-state index is -1.59. The van der Waals surface area contributed by atoms with Crippen LogP contribution in [0.25, 0.3) is 0 Å². The Bertz CT molecular complexity index is 468. The zero-order valence-corrected chi connectivity index (χ0v) is 22.4. The van der Waals surface area contributed by atoms with Gasteiger partial charge in [0.15, 0.2) is 0 Å². The molecule has 0 aliphatic heterocycles. The summed E-state index contributed by atoms with van der Waals surface area (Å²) in [7, 11) is -4.28. The highest BCUT2D eigenvalue weighted by molar-refractivity contribution is 14.1. The average Bonchev–Trinajstić information content (AvgIpc) is 2.23. The minimum Gasteiger partial charge on any atom is -0.120 e. The standard InChI is InChI=1S/C17H35ISi4/c1-19(2,3)17(20(4,5)6,22(9,10)18)21(7,8)16-14-12-11-13-15-16/h11-15H,1-10H3. The highest BCUT2D eigenvalue weighted by atomic mass is 127. The Morgan fingerprint density at radius 1 is 0.682 bits per heavy atom. The molecule has 0 N–H and O–H groups in total. The Labute approximate surface area is 155 Å². The molecule has 0 saturated carbocycles. The van der Waals surface area contributed by atoms with E-state index in [9.17, 15) is 0 Å². The number of hydrogen-bond donors (Lipinski definition) is 0. The average molecular weight is 479 g/mol. The van der Waals surface area contributed by atoms with E-state index in [0.29, 0.717) is 3.91 Å². The van der Waals surface area contributed by atoms with Crippen LogP contribution < -0.4 is 5.19 Å². The van der Waals surface area contributed by atoms with Gasteiger partial charge in [0.2, 0.25) is 0 Å². The fraction of sp³-hybridized carbons (Fsp3) is 0.647. The maximum absolute atomic E-state index is 2.94. The largest absolute Gasteiger partial charge is 0.120 e. The van der Waals surface area contributed by atoms with Gasteiger partial charge < -0.3 is 0 Å². The van der Waals surface area contributed by atoms with Crippen LogP contribution in [0.2, 0.25) is 69.4 Å². The molecule has 1 rings (SSSR count). The first-order valence-electron chi connectivity index (χ1n) is 8.35. The van der Waals surface area contributed by atoms with E-state index in [-0.39, 0.29) is 0 Å². The fourth-order valence-corrected chi connectivity index (χ4v) is 74.2. The van der Waals surface area contributed by atoms with Crippen LogP contribution in [0.1, 0.15) is 0 Å². The van der Waals surface area contributed by atoms with Crippen LogP contribution in [-0.4, -0.2) is 29.8 Å². The van der Waals surface area contributed by atoms with Crippen molar-refractivity contribution in [2.45, 2.75) is 69.4 Å². The lowest BCUT2D eigenvalue weighted by Gasteiger charge is -2.65. The molecular weight excluding hydrogens is 443 g/mol. The first kappa shape index (κ1) is 20.9. The van der Waals surface area contributed by atoms with E-state index in [2.05, 4.69) is 118 Å². The molecule has 1 aromatic carbocycles. The molecule has 0 fully saturated rings. The predicted octanol–water partition coefficient (Wildman–Crippen LogP) is 6.28. The first-order valence-corrected chi connectivity index (χ1v) is 24.5. The van der Waals surface area contributed by atoms with Crippen molar-refractivity contribution in [3.8, 4) is 0 Å². The molecule has 0 unspecified atom stereocenters. The molecule has 0 aromatic heterocycles. The van der Waals surface area contributed by atoms with E-state index in [0.717, 1.165) is 0 Å². The van der Waals surface area contributed by atoms with Crippen LogP contribution >= 0.6 is 21.8 Å². The summed E-state index contributed by atoms with van der Waals surface area (Å²) in [4.78, 5) is 0. The van der Waals surface area contributed by atoms with Crippen LogP contribution in [0.5, 0.6) is 0 Å². The van der Waals surface area contributed by atoms with Crippen molar-refractivity contribution in [2.75, 3.05) is 0 Å². The van der Waals surface area contributed by atoms with E-state index in [1.807, 2.05) is 0 Å². The third-order valence-corrected chi connectivity index (χ3v) is 47.3. The van der Waals surface area contributed by atoms with Gasteiger partial charge in [-0.1, -0.05) is 101 Å². The molecule has 0 aliphatic rings. The first-order chi connectivity index (χ1) is 9.61. The summed E-state index contributed by atoms with van der Waals surface area (Å²) < 4.78 is 0.655. The number of hydrogen-bond acceptors (Lipinski definition) is 0. The second-order valence-corrected chi connectivity index (χ2v) is 39.6. The Morgan fingerprint density at radius 3 is 1.32 bits per heavy atom.